The van der Waals surface area contributed by atoms with E-state index in [4.69, 9.17) is 10.5 Å². The maximum absolute atomic E-state index is 5.91. The summed E-state index contributed by atoms with van der Waals surface area (Å²) in [7, 11) is 0. The van der Waals surface area contributed by atoms with E-state index in [2.05, 4.69) is 12.1 Å². The molecule has 2 rings (SSSR count). The van der Waals surface area contributed by atoms with E-state index < -0.39 is 0 Å². The Bertz CT molecular complexity index is 286. The first kappa shape index (κ1) is 10.7. The zero-order valence-corrected chi connectivity index (χ0v) is 9.06. The molecule has 0 heterocycles. The monoisotopic (exact) mass is 205 g/mol. The fraction of sp³-hybridized carbons (Fsp3) is 0.538. The molecule has 2 atom stereocenters. The number of hydrogen-bond acceptors (Lipinski definition) is 2. The van der Waals surface area contributed by atoms with Crippen molar-refractivity contribution < 1.29 is 4.74 Å². The second kappa shape index (κ2) is 5.29. The third-order valence-electron chi connectivity index (χ3n) is 3.20. The summed E-state index contributed by atoms with van der Waals surface area (Å²) in [6.07, 6.45) is 4.06. The van der Waals surface area contributed by atoms with Gasteiger partial charge in [0.2, 0.25) is 0 Å². The van der Waals surface area contributed by atoms with E-state index in [1.807, 2.05) is 18.2 Å². The normalized spacial score (nSPS) is 25.7. The van der Waals surface area contributed by atoms with Crippen molar-refractivity contribution in [1.29, 1.82) is 0 Å². The molecule has 0 spiro atoms. The predicted molar refractivity (Wildman–Crippen MR) is 61.4 cm³/mol. The lowest BCUT2D eigenvalue weighted by atomic mass is 10.1. The van der Waals surface area contributed by atoms with E-state index in [0.29, 0.717) is 12.0 Å². The van der Waals surface area contributed by atoms with Gasteiger partial charge in [-0.1, -0.05) is 36.8 Å². The minimum Gasteiger partial charge on any atom is -0.373 e. The van der Waals surface area contributed by atoms with E-state index in [0.717, 1.165) is 13.2 Å². The highest BCUT2D eigenvalue weighted by molar-refractivity contribution is 5.13. The predicted octanol–water partition coefficient (Wildman–Crippen LogP) is 2.33. The van der Waals surface area contributed by atoms with Crippen molar-refractivity contribution in [3.8, 4) is 0 Å². The summed E-state index contributed by atoms with van der Waals surface area (Å²) in [5.74, 6) is 0.578. The fourth-order valence-electron chi connectivity index (χ4n) is 2.27. The molecule has 0 amide bonds. The standard InChI is InChI=1S/C13H19NO/c14-9-12-7-4-8-13(12)15-10-11-5-2-1-3-6-11/h1-3,5-6,12-13H,4,7-10,14H2. The van der Waals surface area contributed by atoms with Gasteiger partial charge in [0, 0.05) is 0 Å². The lowest BCUT2D eigenvalue weighted by Crippen LogP contribution is -2.25. The first-order chi connectivity index (χ1) is 7.40. The molecule has 0 bridgehead atoms. The second-order valence-electron chi connectivity index (χ2n) is 4.26. The van der Waals surface area contributed by atoms with Gasteiger partial charge in [0.25, 0.3) is 0 Å². The van der Waals surface area contributed by atoms with E-state index in [1.165, 1.54) is 24.8 Å². The zero-order chi connectivity index (χ0) is 10.5. The van der Waals surface area contributed by atoms with Crippen LogP contribution in [0.3, 0.4) is 0 Å². The Morgan fingerprint density at radius 2 is 2.00 bits per heavy atom. The van der Waals surface area contributed by atoms with Gasteiger partial charge in [0.15, 0.2) is 0 Å². The van der Waals surface area contributed by atoms with Crippen molar-refractivity contribution in [2.75, 3.05) is 6.54 Å². The molecule has 2 unspecified atom stereocenters. The number of rotatable bonds is 4. The summed E-state index contributed by atoms with van der Waals surface area (Å²) in [5, 5.41) is 0. The molecule has 0 aromatic heterocycles. The minimum absolute atomic E-state index is 0.384. The van der Waals surface area contributed by atoms with E-state index >= 15 is 0 Å². The molecule has 82 valence electrons. The maximum Gasteiger partial charge on any atom is 0.0720 e. The molecule has 1 aliphatic rings. The van der Waals surface area contributed by atoms with Crippen LogP contribution in [0.15, 0.2) is 30.3 Å². The van der Waals surface area contributed by atoms with Crippen molar-refractivity contribution in [2.24, 2.45) is 11.7 Å². The molecule has 1 aliphatic carbocycles. The molecule has 2 heteroatoms. The summed E-state index contributed by atoms with van der Waals surface area (Å²) in [4.78, 5) is 0. The van der Waals surface area contributed by atoms with Crippen molar-refractivity contribution in [3.63, 3.8) is 0 Å². The largest absolute Gasteiger partial charge is 0.373 e. The summed E-state index contributed by atoms with van der Waals surface area (Å²) in [6, 6.07) is 10.3. The van der Waals surface area contributed by atoms with Crippen molar-refractivity contribution in [3.05, 3.63) is 35.9 Å². The Kier molecular flexibility index (Phi) is 3.75. The SMILES string of the molecule is NCC1CCCC1OCc1ccccc1. The molecule has 2 N–H and O–H groups in total. The average Bonchev–Trinajstić information content (AvgIpc) is 2.75. The first-order valence-corrected chi connectivity index (χ1v) is 5.75. The van der Waals surface area contributed by atoms with Crippen LogP contribution >= 0.6 is 0 Å². The fourth-order valence-corrected chi connectivity index (χ4v) is 2.27. The van der Waals surface area contributed by atoms with Crippen LogP contribution in [-0.2, 0) is 11.3 Å². The van der Waals surface area contributed by atoms with Gasteiger partial charge >= 0.3 is 0 Å². The average molecular weight is 205 g/mol. The Morgan fingerprint density at radius 3 is 2.73 bits per heavy atom. The van der Waals surface area contributed by atoms with Crippen LogP contribution in [-0.4, -0.2) is 12.6 Å². The van der Waals surface area contributed by atoms with Crippen LogP contribution in [0.25, 0.3) is 0 Å². The van der Waals surface area contributed by atoms with Gasteiger partial charge in [0.05, 0.1) is 12.7 Å². The third kappa shape index (κ3) is 2.80. The lowest BCUT2D eigenvalue weighted by Gasteiger charge is -2.18. The summed E-state index contributed by atoms with van der Waals surface area (Å²) in [5.41, 5.74) is 6.96. The van der Waals surface area contributed by atoms with Gasteiger partial charge in [-0.05, 0) is 30.9 Å². The number of ether oxygens (including phenoxy) is 1. The lowest BCUT2D eigenvalue weighted by molar-refractivity contribution is 0.0182. The van der Waals surface area contributed by atoms with Crippen LogP contribution in [0.1, 0.15) is 24.8 Å². The highest BCUT2D eigenvalue weighted by Crippen LogP contribution is 2.27. The second-order valence-corrected chi connectivity index (χ2v) is 4.26. The molecule has 1 fully saturated rings. The van der Waals surface area contributed by atoms with E-state index in [1.54, 1.807) is 0 Å². The highest BCUT2D eigenvalue weighted by atomic mass is 16.5. The van der Waals surface area contributed by atoms with Crippen LogP contribution in [0, 0.1) is 5.92 Å². The molecule has 1 aromatic carbocycles. The molecular formula is C13H19NO. The molecular weight excluding hydrogens is 186 g/mol. The summed E-state index contributed by atoms with van der Waals surface area (Å²) >= 11 is 0. The minimum atomic E-state index is 0.384. The smallest absolute Gasteiger partial charge is 0.0720 e. The Hall–Kier alpha value is -0.860. The molecule has 15 heavy (non-hydrogen) atoms. The Morgan fingerprint density at radius 1 is 1.20 bits per heavy atom. The quantitative estimate of drug-likeness (QED) is 0.818. The highest BCUT2D eigenvalue weighted by Gasteiger charge is 2.26. The number of benzene rings is 1. The maximum atomic E-state index is 5.91. The van der Waals surface area contributed by atoms with Crippen molar-refractivity contribution in [2.45, 2.75) is 32.0 Å². The third-order valence-corrected chi connectivity index (χ3v) is 3.20. The van der Waals surface area contributed by atoms with Gasteiger partial charge < -0.3 is 10.5 Å². The van der Waals surface area contributed by atoms with Gasteiger partial charge in [-0.2, -0.15) is 0 Å². The van der Waals surface area contributed by atoms with Gasteiger partial charge in [-0.3, -0.25) is 0 Å². The molecule has 0 radical (unpaired) electrons. The molecule has 2 nitrogen and oxygen atoms in total. The molecule has 1 saturated carbocycles. The van der Waals surface area contributed by atoms with Gasteiger partial charge in [-0.25, -0.2) is 0 Å². The summed E-state index contributed by atoms with van der Waals surface area (Å²) < 4.78 is 5.91. The Balaban J connectivity index is 1.83. The topological polar surface area (TPSA) is 35.2 Å². The van der Waals surface area contributed by atoms with Crippen LogP contribution in [0.4, 0.5) is 0 Å². The molecule has 0 aliphatic heterocycles. The van der Waals surface area contributed by atoms with Gasteiger partial charge in [-0.15, -0.1) is 0 Å². The number of nitrogens with two attached hydrogens (primary N) is 1. The van der Waals surface area contributed by atoms with E-state index in [9.17, 15) is 0 Å². The van der Waals surface area contributed by atoms with Crippen LogP contribution < -0.4 is 5.73 Å². The van der Waals surface area contributed by atoms with E-state index in [-0.39, 0.29) is 0 Å². The molecule has 0 saturated heterocycles. The summed E-state index contributed by atoms with van der Waals surface area (Å²) in [6.45, 7) is 1.49. The van der Waals surface area contributed by atoms with Crippen molar-refractivity contribution in [1.82, 2.24) is 0 Å². The van der Waals surface area contributed by atoms with Crippen LogP contribution in [0.5, 0.6) is 0 Å². The zero-order valence-electron chi connectivity index (χ0n) is 9.06. The molecule has 1 aromatic rings. The number of hydrogen-bond donors (Lipinski definition) is 1. The first-order valence-electron chi connectivity index (χ1n) is 5.75. The van der Waals surface area contributed by atoms with Crippen LogP contribution in [0.2, 0.25) is 0 Å². The Labute approximate surface area is 91.4 Å². The van der Waals surface area contributed by atoms with Gasteiger partial charge in [0.1, 0.15) is 0 Å². The van der Waals surface area contributed by atoms with Crippen molar-refractivity contribution >= 4 is 0 Å².